The van der Waals surface area contributed by atoms with Crippen molar-refractivity contribution in [1.82, 2.24) is 5.32 Å². The molecule has 0 aromatic heterocycles. The molecular weight excluding hydrogens is 248 g/mol. The Morgan fingerprint density at radius 3 is 2.55 bits per heavy atom. The van der Waals surface area contributed by atoms with Crippen molar-refractivity contribution in [2.24, 2.45) is 0 Å². The van der Waals surface area contributed by atoms with Crippen LogP contribution in [0.25, 0.3) is 0 Å². The van der Waals surface area contributed by atoms with E-state index in [1.165, 1.54) is 16.8 Å². The maximum Gasteiger partial charge on any atom is 0.221 e. The van der Waals surface area contributed by atoms with Gasteiger partial charge in [-0.2, -0.15) is 0 Å². The van der Waals surface area contributed by atoms with Crippen LogP contribution in [0.5, 0.6) is 0 Å². The van der Waals surface area contributed by atoms with Gasteiger partial charge >= 0.3 is 0 Å². The predicted molar refractivity (Wildman–Crippen MR) is 86.3 cm³/mol. The fourth-order valence-corrected chi connectivity index (χ4v) is 2.16. The van der Waals surface area contributed by atoms with Gasteiger partial charge in [0.25, 0.3) is 0 Å². The Balaban J connectivity index is 2.56. The first-order valence-corrected chi connectivity index (χ1v) is 7.58. The van der Waals surface area contributed by atoms with Gasteiger partial charge in [-0.3, -0.25) is 4.79 Å². The number of amides is 1. The number of para-hydroxylation sites is 1. The maximum atomic E-state index is 11.8. The summed E-state index contributed by atoms with van der Waals surface area (Å²) in [6.45, 7) is 11.3. The number of aryl methyl sites for hydroxylation is 1. The fourth-order valence-electron chi connectivity index (χ4n) is 2.16. The summed E-state index contributed by atoms with van der Waals surface area (Å²) in [5.74, 6) is 0.595. The lowest BCUT2D eigenvalue weighted by atomic mass is 9.98. The molecule has 1 aromatic rings. The van der Waals surface area contributed by atoms with Gasteiger partial charge in [0.05, 0.1) is 0 Å². The summed E-state index contributed by atoms with van der Waals surface area (Å²) in [5, 5.41) is 6.41. The smallest absolute Gasteiger partial charge is 0.221 e. The normalized spacial score (nSPS) is 12.3. The summed E-state index contributed by atoms with van der Waals surface area (Å²) < 4.78 is 0. The second-order valence-electron chi connectivity index (χ2n) is 5.75. The van der Waals surface area contributed by atoms with Gasteiger partial charge < -0.3 is 10.6 Å². The molecule has 0 fully saturated rings. The Labute approximate surface area is 123 Å². The van der Waals surface area contributed by atoms with Crippen molar-refractivity contribution >= 4 is 11.6 Å². The number of hydrogen-bond acceptors (Lipinski definition) is 2. The van der Waals surface area contributed by atoms with Crippen LogP contribution < -0.4 is 10.6 Å². The molecule has 3 nitrogen and oxygen atoms in total. The fraction of sp³-hybridized carbons (Fsp3) is 0.588. The van der Waals surface area contributed by atoms with Crippen molar-refractivity contribution < 1.29 is 4.79 Å². The molecule has 1 unspecified atom stereocenters. The SMILES string of the molecule is CCC(C)NC(=O)CCNc1c(C)cccc1C(C)C. The summed E-state index contributed by atoms with van der Waals surface area (Å²) >= 11 is 0. The number of nitrogens with one attached hydrogen (secondary N) is 2. The van der Waals surface area contributed by atoms with E-state index in [0.29, 0.717) is 18.9 Å². The van der Waals surface area contributed by atoms with Crippen molar-refractivity contribution in [1.29, 1.82) is 0 Å². The first-order valence-electron chi connectivity index (χ1n) is 7.58. The Kier molecular flexibility index (Phi) is 6.56. The van der Waals surface area contributed by atoms with E-state index in [1.807, 2.05) is 6.92 Å². The Bertz CT molecular complexity index is 441. The molecule has 0 heterocycles. The van der Waals surface area contributed by atoms with Crippen LogP contribution in [0, 0.1) is 6.92 Å². The minimum atomic E-state index is 0.117. The molecule has 0 bridgehead atoms. The molecular formula is C17H28N2O. The van der Waals surface area contributed by atoms with E-state index >= 15 is 0 Å². The van der Waals surface area contributed by atoms with Crippen molar-refractivity contribution in [2.45, 2.75) is 59.4 Å². The minimum Gasteiger partial charge on any atom is -0.384 e. The summed E-state index contributed by atoms with van der Waals surface area (Å²) in [7, 11) is 0. The van der Waals surface area contributed by atoms with Crippen LogP contribution in [0.2, 0.25) is 0 Å². The molecule has 1 atom stereocenters. The molecule has 0 radical (unpaired) electrons. The van der Waals surface area contributed by atoms with Crippen LogP contribution in [0.4, 0.5) is 5.69 Å². The third-order valence-electron chi connectivity index (χ3n) is 3.60. The van der Waals surface area contributed by atoms with Crippen LogP contribution in [0.3, 0.4) is 0 Å². The predicted octanol–water partition coefficient (Wildman–Crippen LogP) is 3.84. The quantitative estimate of drug-likeness (QED) is 0.794. The van der Waals surface area contributed by atoms with Gasteiger partial charge in [-0.05, 0) is 37.3 Å². The Hall–Kier alpha value is -1.51. The van der Waals surface area contributed by atoms with Crippen molar-refractivity contribution in [2.75, 3.05) is 11.9 Å². The molecule has 0 aliphatic rings. The highest BCUT2D eigenvalue weighted by atomic mass is 16.1. The second kappa shape index (κ2) is 7.93. The second-order valence-corrected chi connectivity index (χ2v) is 5.75. The topological polar surface area (TPSA) is 41.1 Å². The lowest BCUT2D eigenvalue weighted by molar-refractivity contribution is -0.121. The van der Waals surface area contributed by atoms with Gasteiger partial charge in [-0.15, -0.1) is 0 Å². The van der Waals surface area contributed by atoms with Crippen LogP contribution >= 0.6 is 0 Å². The molecule has 20 heavy (non-hydrogen) atoms. The molecule has 112 valence electrons. The summed E-state index contributed by atoms with van der Waals surface area (Å²) in [6, 6.07) is 6.60. The Morgan fingerprint density at radius 2 is 1.95 bits per heavy atom. The lowest BCUT2D eigenvalue weighted by Gasteiger charge is -2.17. The van der Waals surface area contributed by atoms with Crippen molar-refractivity contribution in [3.63, 3.8) is 0 Å². The largest absolute Gasteiger partial charge is 0.384 e. The molecule has 1 rings (SSSR count). The summed E-state index contributed by atoms with van der Waals surface area (Å²) in [5.41, 5.74) is 3.73. The number of hydrogen-bond donors (Lipinski definition) is 2. The molecule has 0 aliphatic carbocycles. The van der Waals surface area contributed by atoms with Crippen LogP contribution in [-0.4, -0.2) is 18.5 Å². The van der Waals surface area contributed by atoms with E-state index < -0.39 is 0 Å². The average Bonchev–Trinajstić information content (AvgIpc) is 2.40. The number of rotatable bonds is 7. The molecule has 0 spiro atoms. The van der Waals surface area contributed by atoms with Crippen LogP contribution in [-0.2, 0) is 4.79 Å². The zero-order chi connectivity index (χ0) is 15.1. The van der Waals surface area contributed by atoms with Crippen LogP contribution in [0.15, 0.2) is 18.2 Å². The highest BCUT2D eigenvalue weighted by Gasteiger charge is 2.10. The third kappa shape index (κ3) is 4.87. The lowest BCUT2D eigenvalue weighted by Crippen LogP contribution is -2.33. The van der Waals surface area contributed by atoms with E-state index in [-0.39, 0.29) is 11.9 Å². The maximum absolute atomic E-state index is 11.8. The minimum absolute atomic E-state index is 0.117. The summed E-state index contributed by atoms with van der Waals surface area (Å²) in [6.07, 6.45) is 1.48. The van der Waals surface area contributed by atoms with Crippen molar-refractivity contribution in [3.05, 3.63) is 29.3 Å². The zero-order valence-corrected chi connectivity index (χ0v) is 13.4. The first-order chi connectivity index (χ1) is 9.45. The molecule has 0 aliphatic heterocycles. The number of anilines is 1. The summed E-state index contributed by atoms with van der Waals surface area (Å²) in [4.78, 5) is 11.8. The van der Waals surface area contributed by atoms with E-state index in [1.54, 1.807) is 0 Å². The van der Waals surface area contributed by atoms with Gasteiger partial charge in [0, 0.05) is 24.7 Å². The van der Waals surface area contributed by atoms with E-state index in [4.69, 9.17) is 0 Å². The molecule has 1 aromatic carbocycles. The molecule has 1 amide bonds. The molecule has 0 saturated heterocycles. The highest BCUT2D eigenvalue weighted by Crippen LogP contribution is 2.27. The number of carbonyl (C=O) groups is 1. The average molecular weight is 276 g/mol. The third-order valence-corrected chi connectivity index (χ3v) is 3.60. The molecule has 2 N–H and O–H groups in total. The van der Waals surface area contributed by atoms with Gasteiger partial charge in [-0.1, -0.05) is 39.0 Å². The number of carbonyl (C=O) groups excluding carboxylic acids is 1. The van der Waals surface area contributed by atoms with Gasteiger partial charge in [0.1, 0.15) is 0 Å². The van der Waals surface area contributed by atoms with E-state index in [0.717, 1.165) is 6.42 Å². The first kappa shape index (κ1) is 16.5. The van der Waals surface area contributed by atoms with Gasteiger partial charge in [0.2, 0.25) is 5.91 Å². The number of benzene rings is 1. The standard InChI is InChI=1S/C17H28N2O/c1-6-14(5)19-16(20)10-11-18-17-13(4)8-7-9-15(17)12(2)3/h7-9,12,14,18H,6,10-11H2,1-5H3,(H,19,20). The Morgan fingerprint density at radius 1 is 1.25 bits per heavy atom. The zero-order valence-electron chi connectivity index (χ0n) is 13.4. The molecule has 0 saturated carbocycles. The highest BCUT2D eigenvalue weighted by molar-refractivity contribution is 5.76. The van der Waals surface area contributed by atoms with E-state index in [9.17, 15) is 4.79 Å². The van der Waals surface area contributed by atoms with Crippen LogP contribution in [0.1, 0.15) is 57.6 Å². The molecule has 3 heteroatoms. The monoisotopic (exact) mass is 276 g/mol. The van der Waals surface area contributed by atoms with E-state index in [2.05, 4.69) is 56.5 Å². The van der Waals surface area contributed by atoms with Gasteiger partial charge in [-0.25, -0.2) is 0 Å². The van der Waals surface area contributed by atoms with Crippen molar-refractivity contribution in [3.8, 4) is 0 Å². The van der Waals surface area contributed by atoms with Gasteiger partial charge in [0.15, 0.2) is 0 Å².